The smallest absolute Gasteiger partial charge is 0.303 e. The Morgan fingerprint density at radius 1 is 0.875 bits per heavy atom. The molecule has 250 valence electrons. The highest BCUT2D eigenvalue weighted by atomic mass is 32.2. The number of benzene rings is 4. The molecule has 0 aliphatic rings. The van der Waals surface area contributed by atoms with E-state index in [0.29, 0.717) is 17.7 Å². The van der Waals surface area contributed by atoms with Crippen molar-refractivity contribution in [3.05, 3.63) is 70.3 Å². The van der Waals surface area contributed by atoms with Crippen LogP contribution in [0.4, 0.5) is 39.8 Å². The van der Waals surface area contributed by atoms with Crippen LogP contribution < -0.4 is 11.1 Å². The van der Waals surface area contributed by atoms with E-state index in [-0.39, 0.29) is 45.9 Å². The number of aliphatic carboxylic acids is 1. The second-order valence-corrected chi connectivity index (χ2v) is 12.7. The first kappa shape index (κ1) is 35.0. The van der Waals surface area contributed by atoms with Gasteiger partial charge in [-0.2, -0.15) is 27.1 Å². The third kappa shape index (κ3) is 8.08. The summed E-state index contributed by atoms with van der Waals surface area (Å²) in [5, 5.41) is 48.1. The highest BCUT2D eigenvalue weighted by Crippen LogP contribution is 2.42. The molecule has 48 heavy (non-hydrogen) atoms. The number of nitro benzene ring substituents is 1. The number of carbonyl (C=O) groups is 2. The number of nitrogens with two attached hydrogens (primary N) is 1. The van der Waals surface area contributed by atoms with Crippen LogP contribution in [0.25, 0.3) is 10.8 Å². The molecular weight excluding hydrogens is 678 g/mol. The lowest BCUT2D eigenvalue weighted by atomic mass is 10.1. The Labute approximate surface area is 270 Å². The van der Waals surface area contributed by atoms with Crippen LogP contribution in [0, 0.1) is 17.0 Å². The van der Waals surface area contributed by atoms with Gasteiger partial charge in [-0.1, -0.05) is 0 Å². The van der Waals surface area contributed by atoms with E-state index < -0.39 is 70.1 Å². The SMILES string of the molecule is Cc1cc(N=Nc2cc(S(=O)(=O)O)c3cc(S(=O)(=O)O)cc(O)c3c2N)ccc1N=Nc1ccc(NC(=O)CCC(=O)O)cc1[N+](=O)[O-]. The number of nitro groups is 1. The lowest BCUT2D eigenvalue weighted by Crippen LogP contribution is -2.13. The minimum atomic E-state index is -5.04. The Morgan fingerprint density at radius 3 is 2.12 bits per heavy atom. The highest BCUT2D eigenvalue weighted by molar-refractivity contribution is 7.86. The standard InChI is InChI=1S/C27H23N7O12S2/c1-13-8-15(3-4-18(13)31-32-19-5-2-14(9-21(19)34(39)40)29-24(36)6-7-25(37)38)30-33-20-12-23(48(44,45)46)17-10-16(47(41,42)43)11-22(35)26(17)27(20)28/h2-5,8-12,35H,6-7,28H2,1H3,(H,29,36)(H,37,38)(H,41,42,43)(H,44,45,46). The number of amides is 1. The quantitative estimate of drug-likeness (QED) is 0.0372. The van der Waals surface area contributed by atoms with Crippen molar-refractivity contribution in [1.29, 1.82) is 0 Å². The van der Waals surface area contributed by atoms with E-state index in [9.17, 15) is 50.8 Å². The van der Waals surface area contributed by atoms with Crippen LogP contribution in [0.15, 0.2) is 84.8 Å². The topological polar surface area (TPSA) is 314 Å². The molecule has 4 aromatic carbocycles. The fourth-order valence-electron chi connectivity index (χ4n) is 4.24. The number of nitrogen functional groups attached to an aromatic ring is 1. The summed E-state index contributed by atoms with van der Waals surface area (Å²) in [5.74, 6) is -2.66. The van der Waals surface area contributed by atoms with Crippen molar-refractivity contribution in [1.82, 2.24) is 0 Å². The van der Waals surface area contributed by atoms with Gasteiger partial charge in [0, 0.05) is 29.6 Å². The molecule has 0 unspecified atom stereocenters. The summed E-state index contributed by atoms with van der Waals surface area (Å²) in [4.78, 5) is 31.7. The normalized spacial score (nSPS) is 12.1. The Morgan fingerprint density at radius 2 is 1.52 bits per heavy atom. The van der Waals surface area contributed by atoms with Crippen LogP contribution in [0.3, 0.4) is 0 Å². The predicted octanol–water partition coefficient (Wildman–Crippen LogP) is 5.47. The van der Waals surface area contributed by atoms with Crippen LogP contribution in [0.1, 0.15) is 18.4 Å². The summed E-state index contributed by atoms with van der Waals surface area (Å²) >= 11 is 0. The number of anilines is 2. The van der Waals surface area contributed by atoms with E-state index in [1.54, 1.807) is 6.92 Å². The van der Waals surface area contributed by atoms with Gasteiger partial charge < -0.3 is 21.3 Å². The van der Waals surface area contributed by atoms with E-state index in [0.717, 1.165) is 12.1 Å². The first-order valence-electron chi connectivity index (χ1n) is 13.1. The van der Waals surface area contributed by atoms with Crippen molar-refractivity contribution >= 4 is 82.7 Å². The van der Waals surface area contributed by atoms with Gasteiger partial charge in [-0.15, -0.1) is 10.2 Å². The zero-order chi connectivity index (χ0) is 35.6. The maximum absolute atomic E-state index is 12.1. The van der Waals surface area contributed by atoms with Gasteiger partial charge in [0.1, 0.15) is 16.3 Å². The molecule has 0 radical (unpaired) electrons. The molecule has 0 atom stereocenters. The summed E-state index contributed by atoms with van der Waals surface area (Å²) in [6.45, 7) is 1.60. The van der Waals surface area contributed by atoms with Crippen LogP contribution in [-0.4, -0.2) is 53.0 Å². The summed E-state index contributed by atoms with van der Waals surface area (Å²) in [6.07, 6.45) is -0.746. The van der Waals surface area contributed by atoms with E-state index in [1.807, 2.05) is 0 Å². The molecule has 0 saturated heterocycles. The molecule has 1 amide bonds. The van der Waals surface area contributed by atoms with Gasteiger partial charge in [-0.25, -0.2) is 0 Å². The van der Waals surface area contributed by atoms with Crippen molar-refractivity contribution in [2.75, 3.05) is 11.1 Å². The molecule has 0 spiro atoms. The molecule has 19 nitrogen and oxygen atoms in total. The number of aryl methyl sites for hydroxylation is 1. The molecule has 0 saturated carbocycles. The molecule has 4 aromatic rings. The van der Waals surface area contributed by atoms with E-state index >= 15 is 0 Å². The van der Waals surface area contributed by atoms with E-state index in [1.165, 1.54) is 30.3 Å². The first-order valence-corrected chi connectivity index (χ1v) is 16.0. The number of carboxylic acids is 1. The molecule has 0 fully saturated rings. The Kier molecular flexibility index (Phi) is 9.80. The summed E-state index contributed by atoms with van der Waals surface area (Å²) < 4.78 is 66.5. The third-order valence-electron chi connectivity index (χ3n) is 6.49. The number of hydrogen-bond donors (Lipinski definition) is 6. The maximum atomic E-state index is 12.1. The van der Waals surface area contributed by atoms with Crippen LogP contribution >= 0.6 is 0 Å². The average molecular weight is 702 g/mol. The van der Waals surface area contributed by atoms with Crippen molar-refractivity contribution in [3.8, 4) is 5.75 Å². The van der Waals surface area contributed by atoms with Crippen molar-refractivity contribution in [2.24, 2.45) is 20.5 Å². The van der Waals surface area contributed by atoms with Gasteiger partial charge in [-0.3, -0.25) is 28.8 Å². The largest absolute Gasteiger partial charge is 0.507 e. The molecule has 7 N–H and O–H groups in total. The Balaban J connectivity index is 1.63. The highest BCUT2D eigenvalue weighted by Gasteiger charge is 2.24. The number of phenols is 1. The van der Waals surface area contributed by atoms with Crippen LogP contribution in [-0.2, 0) is 29.8 Å². The zero-order valence-electron chi connectivity index (χ0n) is 24.3. The second kappa shape index (κ2) is 13.4. The molecular formula is C27H23N7O12S2. The lowest BCUT2D eigenvalue weighted by Gasteiger charge is -2.12. The summed E-state index contributed by atoms with van der Waals surface area (Å²) in [7, 11) is -9.93. The minimum Gasteiger partial charge on any atom is -0.507 e. The molecule has 0 aliphatic heterocycles. The molecule has 0 aliphatic carbocycles. The van der Waals surface area contributed by atoms with Gasteiger partial charge in [-0.05, 0) is 55.0 Å². The summed E-state index contributed by atoms with van der Waals surface area (Å²) in [5.41, 5.74) is 5.71. The van der Waals surface area contributed by atoms with Gasteiger partial charge in [0.2, 0.25) is 5.91 Å². The fourth-order valence-corrected chi connectivity index (χ4v) is 5.47. The van der Waals surface area contributed by atoms with Crippen LogP contribution in [0.2, 0.25) is 0 Å². The number of rotatable bonds is 11. The van der Waals surface area contributed by atoms with Crippen LogP contribution in [0.5, 0.6) is 5.75 Å². The number of phenolic OH excluding ortho intramolecular Hbond substituents is 1. The molecule has 0 heterocycles. The van der Waals surface area contributed by atoms with E-state index in [2.05, 4.69) is 25.8 Å². The number of azo groups is 2. The fraction of sp³-hybridized carbons (Fsp3) is 0.111. The second-order valence-electron chi connectivity index (χ2n) is 9.90. The number of aromatic hydroxyl groups is 1. The lowest BCUT2D eigenvalue weighted by molar-refractivity contribution is -0.384. The van der Waals surface area contributed by atoms with Crippen molar-refractivity contribution in [2.45, 2.75) is 29.6 Å². The van der Waals surface area contributed by atoms with Gasteiger partial charge in [0.25, 0.3) is 25.9 Å². The molecule has 0 aromatic heterocycles. The summed E-state index contributed by atoms with van der Waals surface area (Å²) in [6, 6.07) is 10.1. The van der Waals surface area contributed by atoms with E-state index in [4.69, 9.17) is 10.8 Å². The minimum absolute atomic E-state index is 0.0516. The maximum Gasteiger partial charge on any atom is 0.303 e. The Bertz CT molecular complexity index is 2290. The third-order valence-corrected chi connectivity index (χ3v) is 8.21. The van der Waals surface area contributed by atoms with Gasteiger partial charge >= 0.3 is 5.97 Å². The number of carbonyl (C=O) groups excluding carboxylic acids is 1. The first-order chi connectivity index (χ1) is 22.3. The zero-order valence-corrected chi connectivity index (χ0v) is 25.9. The monoisotopic (exact) mass is 701 g/mol. The number of hydrogen-bond acceptors (Lipinski definition) is 14. The number of carboxylic acid groups (broad SMARTS) is 1. The number of fused-ring (bicyclic) bond motifs is 1. The van der Waals surface area contributed by atoms with Crippen molar-refractivity contribution < 1.29 is 50.7 Å². The van der Waals surface area contributed by atoms with Crippen molar-refractivity contribution in [3.63, 3.8) is 0 Å². The predicted molar refractivity (Wildman–Crippen MR) is 168 cm³/mol. The van der Waals surface area contributed by atoms with Gasteiger partial charge in [0.15, 0.2) is 5.69 Å². The molecule has 21 heteroatoms. The molecule has 4 rings (SSSR count). The molecule has 0 bridgehead atoms. The Hall–Kier alpha value is -5.90. The number of nitrogens with one attached hydrogen (secondary N) is 1. The van der Waals surface area contributed by atoms with Gasteiger partial charge in [0.05, 0.1) is 38.7 Å². The average Bonchev–Trinajstić information content (AvgIpc) is 2.98. The number of nitrogens with zero attached hydrogens (tertiary/aromatic N) is 5.